The Labute approximate surface area is 140 Å². The largest absolute Gasteiger partial charge is 0.420 e. The maximum atomic E-state index is 13.0. The summed E-state index contributed by atoms with van der Waals surface area (Å²) in [4.78, 5) is 0. The van der Waals surface area contributed by atoms with Crippen molar-refractivity contribution < 1.29 is 17.2 Å². The summed E-state index contributed by atoms with van der Waals surface area (Å²) >= 11 is 0. The highest BCUT2D eigenvalue weighted by Gasteiger charge is 2.31. The zero-order valence-corrected chi connectivity index (χ0v) is 14.3. The zero-order valence-electron chi connectivity index (χ0n) is 13.5. The summed E-state index contributed by atoms with van der Waals surface area (Å²) in [6.07, 6.45) is 2.17. The Morgan fingerprint density at radius 2 is 2.04 bits per heavy atom. The van der Waals surface area contributed by atoms with Gasteiger partial charge in [-0.3, -0.25) is 0 Å². The average Bonchev–Trinajstić information content (AvgIpc) is 3.06. The summed E-state index contributed by atoms with van der Waals surface area (Å²) in [6.45, 7) is 2.76. The third-order valence-corrected chi connectivity index (χ3v) is 6.16. The Balaban J connectivity index is 1.76. The van der Waals surface area contributed by atoms with Gasteiger partial charge in [-0.05, 0) is 43.5 Å². The molecule has 2 heterocycles. The Morgan fingerprint density at radius 3 is 2.75 bits per heavy atom. The van der Waals surface area contributed by atoms with E-state index in [1.165, 1.54) is 16.4 Å². The normalized spacial score (nSPS) is 19.5. The van der Waals surface area contributed by atoms with E-state index in [0.29, 0.717) is 36.9 Å². The molecule has 2 aromatic rings. The molecule has 0 radical (unpaired) electrons. The minimum Gasteiger partial charge on any atom is -0.420 e. The minimum atomic E-state index is -3.22. The molecule has 24 heavy (non-hydrogen) atoms. The summed E-state index contributed by atoms with van der Waals surface area (Å²) < 4.78 is 44.7. The van der Waals surface area contributed by atoms with Crippen LogP contribution in [0.2, 0.25) is 0 Å². The van der Waals surface area contributed by atoms with E-state index in [9.17, 15) is 12.8 Å². The third-order valence-electron chi connectivity index (χ3n) is 4.12. The van der Waals surface area contributed by atoms with Crippen molar-refractivity contribution in [2.75, 3.05) is 18.8 Å². The number of halogens is 1. The Morgan fingerprint density at radius 1 is 1.29 bits per heavy atom. The molecule has 0 saturated carbocycles. The van der Waals surface area contributed by atoms with Gasteiger partial charge in [-0.25, -0.2) is 17.1 Å². The van der Waals surface area contributed by atoms with Crippen LogP contribution in [-0.4, -0.2) is 41.8 Å². The van der Waals surface area contributed by atoms with Crippen molar-refractivity contribution in [3.05, 3.63) is 36.0 Å². The Kier molecular flexibility index (Phi) is 4.96. The van der Waals surface area contributed by atoms with Crippen LogP contribution in [0.15, 0.2) is 28.7 Å². The lowest BCUT2D eigenvalue weighted by atomic mass is 10.00. The zero-order chi connectivity index (χ0) is 17.2. The number of benzene rings is 1. The Hall–Kier alpha value is -1.80. The molecule has 1 aliphatic heterocycles. The molecule has 0 N–H and O–H groups in total. The lowest BCUT2D eigenvalue weighted by Crippen LogP contribution is -2.40. The highest BCUT2D eigenvalue weighted by atomic mass is 32.2. The van der Waals surface area contributed by atoms with E-state index >= 15 is 0 Å². The number of rotatable bonds is 5. The smallest absolute Gasteiger partial charge is 0.247 e. The van der Waals surface area contributed by atoms with Gasteiger partial charge in [-0.2, -0.15) is 0 Å². The second kappa shape index (κ2) is 6.98. The molecule has 0 amide bonds. The second-order valence-corrected chi connectivity index (χ2v) is 8.05. The maximum absolute atomic E-state index is 13.0. The molecule has 1 aromatic carbocycles. The average molecular weight is 353 g/mol. The van der Waals surface area contributed by atoms with Gasteiger partial charge in [0.15, 0.2) is 0 Å². The molecule has 130 valence electrons. The molecule has 3 rings (SSSR count). The highest BCUT2D eigenvalue weighted by molar-refractivity contribution is 7.89. The van der Waals surface area contributed by atoms with Gasteiger partial charge >= 0.3 is 0 Å². The number of sulfonamides is 1. The predicted molar refractivity (Wildman–Crippen MR) is 87.3 cm³/mol. The van der Waals surface area contributed by atoms with E-state index in [-0.39, 0.29) is 17.5 Å². The monoisotopic (exact) mass is 353 g/mol. The van der Waals surface area contributed by atoms with Crippen LogP contribution in [0.4, 0.5) is 4.39 Å². The number of nitrogens with zero attached hydrogens (tertiary/aromatic N) is 3. The molecule has 1 unspecified atom stereocenters. The molecule has 1 atom stereocenters. The quantitative estimate of drug-likeness (QED) is 0.826. The van der Waals surface area contributed by atoms with Crippen LogP contribution in [-0.2, 0) is 10.0 Å². The lowest BCUT2D eigenvalue weighted by Gasteiger charge is -2.30. The van der Waals surface area contributed by atoms with Crippen molar-refractivity contribution in [3.8, 4) is 11.5 Å². The minimum absolute atomic E-state index is 0.105. The van der Waals surface area contributed by atoms with Crippen molar-refractivity contribution in [2.45, 2.75) is 32.1 Å². The SMILES string of the molecule is CCCS(=O)(=O)N1CCCC(c2nnc(-c3ccc(F)cc3)o2)C1. The van der Waals surface area contributed by atoms with Crippen molar-refractivity contribution >= 4 is 10.0 Å². The molecule has 1 saturated heterocycles. The van der Waals surface area contributed by atoms with E-state index in [0.717, 1.165) is 12.8 Å². The molecule has 0 bridgehead atoms. The van der Waals surface area contributed by atoms with Crippen LogP contribution in [0.5, 0.6) is 0 Å². The molecule has 0 spiro atoms. The summed E-state index contributed by atoms with van der Waals surface area (Å²) in [5, 5.41) is 8.08. The molecule has 1 aliphatic rings. The van der Waals surface area contributed by atoms with Gasteiger partial charge in [0.25, 0.3) is 0 Å². The molecule has 1 aromatic heterocycles. The van der Waals surface area contributed by atoms with Crippen molar-refractivity contribution in [1.82, 2.24) is 14.5 Å². The fraction of sp³-hybridized carbons (Fsp3) is 0.500. The van der Waals surface area contributed by atoms with Crippen molar-refractivity contribution in [2.24, 2.45) is 0 Å². The first-order valence-electron chi connectivity index (χ1n) is 8.07. The topological polar surface area (TPSA) is 76.3 Å². The second-order valence-electron chi connectivity index (χ2n) is 5.97. The first kappa shape index (κ1) is 17.0. The third kappa shape index (κ3) is 3.64. The number of hydrogen-bond acceptors (Lipinski definition) is 5. The van der Waals surface area contributed by atoms with E-state index in [4.69, 9.17) is 4.42 Å². The molecule has 6 nitrogen and oxygen atoms in total. The predicted octanol–water partition coefficient (Wildman–Crippen LogP) is 2.79. The van der Waals surface area contributed by atoms with E-state index in [2.05, 4.69) is 10.2 Å². The highest BCUT2D eigenvalue weighted by Crippen LogP contribution is 2.29. The lowest BCUT2D eigenvalue weighted by molar-refractivity contribution is 0.286. The van der Waals surface area contributed by atoms with Crippen LogP contribution < -0.4 is 0 Å². The molecule has 1 fully saturated rings. The summed E-state index contributed by atoms with van der Waals surface area (Å²) in [7, 11) is -3.22. The van der Waals surface area contributed by atoms with E-state index < -0.39 is 10.0 Å². The van der Waals surface area contributed by atoms with Crippen molar-refractivity contribution in [1.29, 1.82) is 0 Å². The summed E-state index contributed by atoms with van der Waals surface area (Å²) in [5.74, 6) is 0.476. The number of aromatic nitrogens is 2. The van der Waals surface area contributed by atoms with E-state index in [1.807, 2.05) is 6.92 Å². The molecular weight excluding hydrogens is 333 g/mol. The van der Waals surface area contributed by atoms with Crippen LogP contribution >= 0.6 is 0 Å². The molecule has 0 aliphatic carbocycles. The maximum Gasteiger partial charge on any atom is 0.247 e. The molecular formula is C16H20FN3O3S. The van der Waals surface area contributed by atoms with Gasteiger partial charge in [-0.1, -0.05) is 6.92 Å². The number of hydrogen-bond donors (Lipinski definition) is 0. The summed E-state index contributed by atoms with van der Waals surface area (Å²) in [6, 6.07) is 5.81. The standard InChI is InChI=1S/C16H20FN3O3S/c1-2-10-24(21,22)20-9-3-4-13(11-20)16-19-18-15(23-16)12-5-7-14(17)8-6-12/h5-8,13H,2-4,9-11H2,1H3. The van der Waals surface area contributed by atoms with Gasteiger partial charge in [0.1, 0.15) is 5.82 Å². The van der Waals surface area contributed by atoms with E-state index in [1.54, 1.807) is 12.1 Å². The fourth-order valence-electron chi connectivity index (χ4n) is 2.89. The summed E-state index contributed by atoms with van der Waals surface area (Å²) in [5.41, 5.74) is 0.640. The van der Waals surface area contributed by atoms with Crippen molar-refractivity contribution in [3.63, 3.8) is 0 Å². The Bertz CT molecular complexity index is 789. The van der Waals surface area contributed by atoms with Gasteiger partial charge in [0.05, 0.1) is 11.7 Å². The first-order chi connectivity index (χ1) is 11.5. The first-order valence-corrected chi connectivity index (χ1v) is 9.67. The van der Waals surface area contributed by atoms with Gasteiger partial charge in [-0.15, -0.1) is 10.2 Å². The van der Waals surface area contributed by atoms with Gasteiger partial charge < -0.3 is 4.42 Å². The van der Waals surface area contributed by atoms with Crippen LogP contribution in [0, 0.1) is 5.82 Å². The van der Waals surface area contributed by atoms with Crippen LogP contribution in [0.1, 0.15) is 38.0 Å². The van der Waals surface area contributed by atoms with Gasteiger partial charge in [0.2, 0.25) is 21.8 Å². The van der Waals surface area contributed by atoms with Crippen LogP contribution in [0.25, 0.3) is 11.5 Å². The molecule has 8 heteroatoms. The van der Waals surface area contributed by atoms with Crippen LogP contribution in [0.3, 0.4) is 0 Å². The fourth-order valence-corrected chi connectivity index (χ4v) is 4.48. The number of piperidine rings is 1. The van der Waals surface area contributed by atoms with Gasteiger partial charge in [0, 0.05) is 18.7 Å².